The Bertz CT molecular complexity index is 997. The van der Waals surface area contributed by atoms with E-state index < -0.39 is 0 Å². The van der Waals surface area contributed by atoms with Crippen LogP contribution in [0.15, 0.2) is 36.5 Å². The fourth-order valence-electron chi connectivity index (χ4n) is 3.48. The number of amides is 1. The Labute approximate surface area is 157 Å². The number of hydroxylamine groups is 2. The lowest BCUT2D eigenvalue weighted by Crippen LogP contribution is -2.26. The van der Waals surface area contributed by atoms with Crippen molar-refractivity contribution < 1.29 is 9.63 Å². The third kappa shape index (κ3) is 3.00. The van der Waals surface area contributed by atoms with E-state index >= 15 is 0 Å². The molecule has 4 rings (SSSR count). The highest BCUT2D eigenvalue weighted by atomic mass is 16.7. The first-order chi connectivity index (χ1) is 13.1. The maximum atomic E-state index is 12.7. The van der Waals surface area contributed by atoms with Crippen LogP contribution < -0.4 is 0 Å². The number of nitrogens with zero attached hydrogens (tertiary/aromatic N) is 5. The molecule has 2 aromatic heterocycles. The minimum Gasteiger partial charge on any atom is -0.274 e. The molecule has 0 fully saturated rings. The normalized spacial score (nSPS) is 12.9. The molecule has 1 aliphatic carbocycles. The Hall–Kier alpha value is -3.06. The molecule has 0 saturated carbocycles. The van der Waals surface area contributed by atoms with Crippen LogP contribution in [0.1, 0.15) is 28.0 Å². The van der Waals surface area contributed by atoms with Crippen LogP contribution in [0.4, 0.5) is 0 Å². The smallest absolute Gasteiger partial charge is 0.274 e. The monoisotopic (exact) mass is 363 g/mol. The zero-order valence-corrected chi connectivity index (χ0v) is 15.6. The predicted octanol–water partition coefficient (Wildman–Crippen LogP) is 2.67. The van der Waals surface area contributed by atoms with Crippen LogP contribution in [0.3, 0.4) is 0 Å². The van der Waals surface area contributed by atoms with Crippen molar-refractivity contribution in [3.63, 3.8) is 0 Å². The summed E-state index contributed by atoms with van der Waals surface area (Å²) in [5, 5.41) is 5.69. The molecule has 1 aromatic carbocycles. The molecule has 2 heterocycles. The van der Waals surface area contributed by atoms with E-state index in [-0.39, 0.29) is 5.91 Å². The van der Waals surface area contributed by atoms with E-state index in [0.717, 1.165) is 47.3 Å². The number of hydrogen-bond donors (Lipinski definition) is 0. The van der Waals surface area contributed by atoms with Crippen molar-refractivity contribution >= 4 is 5.91 Å². The van der Waals surface area contributed by atoms with Gasteiger partial charge in [0.25, 0.3) is 5.91 Å². The van der Waals surface area contributed by atoms with Gasteiger partial charge in [-0.15, -0.1) is 0 Å². The quantitative estimate of drug-likeness (QED) is 0.669. The van der Waals surface area contributed by atoms with Gasteiger partial charge in [0.2, 0.25) is 0 Å². The van der Waals surface area contributed by atoms with E-state index in [1.54, 1.807) is 11.7 Å². The van der Waals surface area contributed by atoms with Crippen molar-refractivity contribution in [2.75, 3.05) is 14.2 Å². The van der Waals surface area contributed by atoms with Crippen LogP contribution in [0.5, 0.6) is 0 Å². The first-order valence-electron chi connectivity index (χ1n) is 8.90. The molecule has 0 spiro atoms. The number of benzene rings is 1. The molecular weight excluding hydrogens is 342 g/mol. The molecule has 0 N–H and O–H groups in total. The zero-order chi connectivity index (χ0) is 19.0. The molecule has 7 heteroatoms. The van der Waals surface area contributed by atoms with Gasteiger partial charge in [0.15, 0.2) is 11.5 Å². The minimum atomic E-state index is -0.255. The van der Waals surface area contributed by atoms with E-state index in [1.165, 1.54) is 12.2 Å². The number of fused-ring (bicyclic) bond motifs is 3. The van der Waals surface area contributed by atoms with Crippen LogP contribution in [-0.2, 0) is 24.7 Å². The van der Waals surface area contributed by atoms with Crippen molar-refractivity contribution in [2.45, 2.75) is 19.3 Å². The highest BCUT2D eigenvalue weighted by Crippen LogP contribution is 2.34. The van der Waals surface area contributed by atoms with Crippen molar-refractivity contribution in [3.8, 4) is 22.8 Å². The molecule has 0 atom stereocenters. The lowest BCUT2D eigenvalue weighted by atomic mass is 10.1. The Morgan fingerprint density at radius 2 is 2.00 bits per heavy atom. The van der Waals surface area contributed by atoms with E-state index in [4.69, 9.17) is 9.82 Å². The summed E-state index contributed by atoms with van der Waals surface area (Å²) >= 11 is 0. The molecule has 0 radical (unpaired) electrons. The molecule has 138 valence electrons. The number of carbonyl (C=O) groups is 1. The second kappa shape index (κ2) is 6.92. The highest BCUT2D eigenvalue weighted by Gasteiger charge is 2.29. The summed E-state index contributed by atoms with van der Waals surface area (Å²) in [7, 11) is 4.90. The molecule has 1 aliphatic rings. The number of rotatable bonds is 3. The summed E-state index contributed by atoms with van der Waals surface area (Å²) in [5.74, 6) is 0.417. The molecule has 0 unspecified atom stereocenters. The van der Waals surface area contributed by atoms with Crippen LogP contribution in [0.2, 0.25) is 0 Å². The molecule has 0 bridgehead atoms. The summed E-state index contributed by atoms with van der Waals surface area (Å²) < 4.78 is 1.75. The standard InChI is InChI=1S/C20H21N5O2/c1-24-18-15(17(23-24)20(26)25(2)27-3)11-7-10-14-12-21-19(22-16(14)18)13-8-5-4-6-9-13/h4-6,8-9,12H,7,10-11H2,1-3H3. The van der Waals surface area contributed by atoms with Crippen LogP contribution in [-0.4, -0.2) is 44.9 Å². The molecule has 0 aliphatic heterocycles. The third-order valence-corrected chi connectivity index (χ3v) is 4.90. The van der Waals surface area contributed by atoms with E-state index in [1.807, 2.05) is 43.6 Å². The van der Waals surface area contributed by atoms with Gasteiger partial charge in [0.1, 0.15) is 0 Å². The fourth-order valence-corrected chi connectivity index (χ4v) is 3.48. The average molecular weight is 363 g/mol. The molecule has 7 nitrogen and oxygen atoms in total. The first kappa shape index (κ1) is 17.4. The first-order valence-corrected chi connectivity index (χ1v) is 8.90. The minimum absolute atomic E-state index is 0.255. The van der Waals surface area contributed by atoms with E-state index in [0.29, 0.717) is 11.5 Å². The number of hydrogen-bond acceptors (Lipinski definition) is 5. The zero-order valence-electron chi connectivity index (χ0n) is 15.6. The molecular formula is C20H21N5O2. The van der Waals surface area contributed by atoms with Gasteiger partial charge in [-0.1, -0.05) is 30.3 Å². The largest absolute Gasteiger partial charge is 0.297 e. The van der Waals surface area contributed by atoms with Crippen molar-refractivity contribution in [1.29, 1.82) is 0 Å². The second-order valence-corrected chi connectivity index (χ2v) is 6.57. The van der Waals surface area contributed by atoms with Gasteiger partial charge in [-0.05, 0) is 24.8 Å². The molecule has 1 amide bonds. The maximum absolute atomic E-state index is 12.7. The SMILES string of the molecule is CON(C)C(=O)c1nn(C)c2c1CCCc1cnc(-c3ccccc3)nc1-2. The van der Waals surface area contributed by atoms with Gasteiger partial charge in [0.05, 0.1) is 18.5 Å². The average Bonchev–Trinajstić information content (AvgIpc) is 2.91. The predicted molar refractivity (Wildman–Crippen MR) is 101 cm³/mol. The number of aromatic nitrogens is 4. The van der Waals surface area contributed by atoms with Gasteiger partial charge in [0, 0.05) is 31.4 Å². The topological polar surface area (TPSA) is 73.1 Å². The van der Waals surface area contributed by atoms with Crippen molar-refractivity contribution in [3.05, 3.63) is 53.3 Å². The summed E-state index contributed by atoms with van der Waals surface area (Å²) in [6.07, 6.45) is 4.44. The highest BCUT2D eigenvalue weighted by molar-refractivity contribution is 5.95. The summed E-state index contributed by atoms with van der Waals surface area (Å²) in [6, 6.07) is 9.89. The van der Waals surface area contributed by atoms with Gasteiger partial charge < -0.3 is 0 Å². The van der Waals surface area contributed by atoms with Crippen LogP contribution >= 0.6 is 0 Å². The van der Waals surface area contributed by atoms with Crippen LogP contribution in [0, 0.1) is 0 Å². The second-order valence-electron chi connectivity index (χ2n) is 6.57. The van der Waals surface area contributed by atoms with Gasteiger partial charge in [-0.25, -0.2) is 15.0 Å². The van der Waals surface area contributed by atoms with Gasteiger partial charge >= 0.3 is 0 Å². The van der Waals surface area contributed by atoms with Gasteiger partial charge in [-0.3, -0.25) is 14.3 Å². The number of aryl methyl sites for hydroxylation is 2. The Balaban J connectivity index is 1.88. The lowest BCUT2D eigenvalue weighted by molar-refractivity contribution is -0.0761. The molecule has 0 saturated heterocycles. The Morgan fingerprint density at radius 3 is 2.74 bits per heavy atom. The number of carbonyl (C=O) groups excluding carboxylic acids is 1. The molecule has 27 heavy (non-hydrogen) atoms. The summed E-state index contributed by atoms with van der Waals surface area (Å²) in [5.41, 5.74) is 5.12. The Morgan fingerprint density at radius 1 is 1.22 bits per heavy atom. The Kier molecular flexibility index (Phi) is 4.45. The van der Waals surface area contributed by atoms with Crippen molar-refractivity contribution in [1.82, 2.24) is 24.8 Å². The maximum Gasteiger partial charge on any atom is 0.297 e. The van der Waals surface area contributed by atoms with Gasteiger partial charge in [-0.2, -0.15) is 5.10 Å². The molecule has 3 aromatic rings. The fraction of sp³-hybridized carbons (Fsp3) is 0.300. The van der Waals surface area contributed by atoms with Crippen molar-refractivity contribution in [2.24, 2.45) is 7.05 Å². The lowest BCUT2D eigenvalue weighted by Gasteiger charge is -2.12. The van der Waals surface area contributed by atoms with Crippen LogP contribution in [0.25, 0.3) is 22.8 Å². The van der Waals surface area contributed by atoms with E-state index in [2.05, 4.69) is 10.1 Å². The summed E-state index contributed by atoms with van der Waals surface area (Å²) in [6.45, 7) is 0. The third-order valence-electron chi connectivity index (χ3n) is 4.90. The van der Waals surface area contributed by atoms with E-state index in [9.17, 15) is 4.79 Å². The summed E-state index contributed by atoms with van der Waals surface area (Å²) in [4.78, 5) is 27.1.